The van der Waals surface area contributed by atoms with Crippen LogP contribution in [0, 0.1) is 5.41 Å². The van der Waals surface area contributed by atoms with Gasteiger partial charge < -0.3 is 15.2 Å². The Morgan fingerprint density at radius 3 is 2.33 bits per heavy atom. The van der Waals surface area contributed by atoms with Crippen LogP contribution < -0.4 is 10.1 Å². The first-order valence-corrected chi connectivity index (χ1v) is 7.65. The van der Waals surface area contributed by atoms with Crippen LogP contribution >= 0.6 is 12.4 Å². The normalized spacial score (nSPS) is 17.9. The van der Waals surface area contributed by atoms with Gasteiger partial charge in [-0.05, 0) is 6.07 Å². The van der Waals surface area contributed by atoms with Gasteiger partial charge in [-0.3, -0.25) is 4.90 Å². The van der Waals surface area contributed by atoms with Crippen LogP contribution in [0.5, 0.6) is 5.75 Å². The molecule has 24 heavy (non-hydrogen) atoms. The number of hydrogen-bond acceptors (Lipinski definition) is 4. The summed E-state index contributed by atoms with van der Waals surface area (Å²) in [5, 5.41) is 13.0. The van der Waals surface area contributed by atoms with Crippen LogP contribution in [0.3, 0.4) is 0 Å². The highest BCUT2D eigenvalue weighted by Gasteiger charge is 2.39. The smallest absolute Gasteiger partial charge is 0.405 e. The van der Waals surface area contributed by atoms with Gasteiger partial charge in [0.05, 0.1) is 0 Å². The zero-order valence-corrected chi connectivity index (χ0v) is 14.6. The van der Waals surface area contributed by atoms with E-state index in [1.54, 1.807) is 12.1 Å². The van der Waals surface area contributed by atoms with Crippen LogP contribution in [-0.4, -0.2) is 49.2 Å². The maximum absolute atomic E-state index is 12.7. The maximum Gasteiger partial charge on any atom is 0.573 e. The number of benzene rings is 1. The molecular weight excluding hydrogens is 345 g/mol. The predicted molar refractivity (Wildman–Crippen MR) is 88.4 cm³/mol. The molecule has 0 unspecified atom stereocenters. The molecule has 0 aliphatic carbocycles. The molecule has 8 heteroatoms. The number of hydrogen-bond donors (Lipinski definition) is 2. The summed E-state index contributed by atoms with van der Waals surface area (Å²) in [6.07, 6.45) is -4.74. The first-order chi connectivity index (χ1) is 10.7. The molecule has 0 bridgehead atoms. The van der Waals surface area contributed by atoms with E-state index in [2.05, 4.69) is 15.0 Å². The summed E-state index contributed by atoms with van der Waals surface area (Å²) in [6.45, 7) is 6.50. The van der Waals surface area contributed by atoms with Crippen molar-refractivity contribution in [1.82, 2.24) is 10.2 Å². The second-order valence-corrected chi connectivity index (χ2v) is 6.42. The highest BCUT2D eigenvalue weighted by molar-refractivity contribution is 5.85. The van der Waals surface area contributed by atoms with E-state index >= 15 is 0 Å². The van der Waals surface area contributed by atoms with Crippen LogP contribution in [0.2, 0.25) is 0 Å². The molecule has 138 valence electrons. The molecule has 0 radical (unpaired) electrons. The summed E-state index contributed by atoms with van der Waals surface area (Å²) in [6, 6.07) is 5.82. The third kappa shape index (κ3) is 5.24. The molecule has 0 spiro atoms. The van der Waals surface area contributed by atoms with Gasteiger partial charge in [-0.2, -0.15) is 0 Å². The number of piperazine rings is 1. The summed E-state index contributed by atoms with van der Waals surface area (Å²) >= 11 is 0. The van der Waals surface area contributed by atoms with E-state index in [0.717, 1.165) is 13.1 Å². The molecule has 2 rings (SSSR count). The van der Waals surface area contributed by atoms with Crippen molar-refractivity contribution in [3.05, 3.63) is 29.8 Å². The maximum atomic E-state index is 12.7. The van der Waals surface area contributed by atoms with E-state index in [9.17, 15) is 18.3 Å². The van der Waals surface area contributed by atoms with Crippen molar-refractivity contribution < 1.29 is 23.0 Å². The van der Waals surface area contributed by atoms with Crippen molar-refractivity contribution >= 4 is 12.4 Å². The molecule has 1 aromatic rings. The average molecular weight is 369 g/mol. The Labute approximate surface area is 146 Å². The number of aliphatic hydroxyl groups excluding tert-OH is 1. The van der Waals surface area contributed by atoms with Crippen LogP contribution in [0.4, 0.5) is 13.2 Å². The van der Waals surface area contributed by atoms with Crippen molar-refractivity contribution in [2.75, 3.05) is 32.8 Å². The van der Waals surface area contributed by atoms with Crippen LogP contribution in [-0.2, 0) is 0 Å². The topological polar surface area (TPSA) is 44.7 Å². The van der Waals surface area contributed by atoms with E-state index in [0.29, 0.717) is 18.7 Å². The molecular formula is C16H24ClF3N2O2. The monoisotopic (exact) mass is 368 g/mol. The van der Waals surface area contributed by atoms with Crippen molar-refractivity contribution in [2.24, 2.45) is 5.41 Å². The number of para-hydroxylation sites is 1. The standard InChI is InChI=1S/C16H23F3N2O2.ClH/c1-15(2,11-22)14(21-9-7-20-8-10-21)12-5-3-4-6-13(12)23-16(17,18)19;/h3-6,14,20,22H,7-11H2,1-2H3;1H/t14-;/m1./s1. The lowest BCUT2D eigenvalue weighted by molar-refractivity contribution is -0.275. The number of nitrogens with zero attached hydrogens (tertiary/aromatic N) is 1. The van der Waals surface area contributed by atoms with Gasteiger partial charge in [0.1, 0.15) is 5.75 Å². The Balaban J connectivity index is 0.00000288. The predicted octanol–water partition coefficient (Wildman–Crippen LogP) is 2.97. The largest absolute Gasteiger partial charge is 0.573 e. The van der Waals surface area contributed by atoms with Crippen molar-refractivity contribution in [1.29, 1.82) is 0 Å². The lowest BCUT2D eigenvalue weighted by Gasteiger charge is -2.43. The second-order valence-electron chi connectivity index (χ2n) is 6.42. The number of alkyl halides is 3. The summed E-state index contributed by atoms with van der Waals surface area (Å²) in [7, 11) is 0. The molecule has 0 saturated carbocycles. The summed E-state index contributed by atoms with van der Waals surface area (Å²) in [4.78, 5) is 2.10. The van der Waals surface area contributed by atoms with E-state index in [1.807, 2.05) is 13.8 Å². The molecule has 1 heterocycles. The van der Waals surface area contributed by atoms with E-state index in [-0.39, 0.29) is 30.8 Å². The van der Waals surface area contributed by atoms with Crippen molar-refractivity contribution in [3.8, 4) is 5.75 Å². The van der Waals surface area contributed by atoms with Crippen molar-refractivity contribution in [3.63, 3.8) is 0 Å². The van der Waals surface area contributed by atoms with E-state index in [1.165, 1.54) is 12.1 Å². The lowest BCUT2D eigenvalue weighted by Crippen LogP contribution is -2.49. The van der Waals surface area contributed by atoms with E-state index in [4.69, 9.17) is 0 Å². The minimum absolute atomic E-state index is 0. The lowest BCUT2D eigenvalue weighted by atomic mass is 9.79. The molecule has 1 aromatic carbocycles. The number of ether oxygens (including phenoxy) is 1. The van der Waals surface area contributed by atoms with Crippen LogP contribution in [0.1, 0.15) is 25.5 Å². The summed E-state index contributed by atoms with van der Waals surface area (Å²) < 4.78 is 42.4. The van der Waals surface area contributed by atoms with Gasteiger partial charge in [-0.25, -0.2) is 0 Å². The fraction of sp³-hybridized carbons (Fsp3) is 0.625. The first-order valence-electron chi connectivity index (χ1n) is 7.65. The Kier molecular flexibility index (Phi) is 7.34. The van der Waals surface area contributed by atoms with Gasteiger partial charge >= 0.3 is 6.36 Å². The second kappa shape index (κ2) is 8.38. The van der Waals surface area contributed by atoms with Gasteiger partial charge in [0.15, 0.2) is 0 Å². The zero-order chi connectivity index (χ0) is 17.1. The summed E-state index contributed by atoms with van der Waals surface area (Å²) in [5.41, 5.74) is -0.159. The number of rotatable bonds is 5. The zero-order valence-electron chi connectivity index (χ0n) is 13.8. The number of halogens is 4. The van der Waals surface area contributed by atoms with Gasteiger partial charge in [0.25, 0.3) is 0 Å². The quantitative estimate of drug-likeness (QED) is 0.838. The molecule has 2 N–H and O–H groups in total. The molecule has 0 aromatic heterocycles. The number of nitrogens with one attached hydrogen (secondary N) is 1. The first kappa shape index (κ1) is 21.0. The highest BCUT2D eigenvalue weighted by Crippen LogP contribution is 2.43. The molecule has 1 aliphatic rings. The molecule has 0 amide bonds. The fourth-order valence-electron chi connectivity index (χ4n) is 3.06. The van der Waals surface area contributed by atoms with E-state index < -0.39 is 11.8 Å². The van der Waals surface area contributed by atoms with Gasteiger partial charge in [0, 0.05) is 49.8 Å². The van der Waals surface area contributed by atoms with Gasteiger partial charge in [0.2, 0.25) is 0 Å². The minimum Gasteiger partial charge on any atom is -0.405 e. The Morgan fingerprint density at radius 1 is 1.21 bits per heavy atom. The molecule has 1 aliphatic heterocycles. The van der Waals surface area contributed by atoms with Crippen LogP contribution in [0.15, 0.2) is 24.3 Å². The SMILES string of the molecule is CC(C)(CO)[C@@H](c1ccccc1OC(F)(F)F)N1CCNCC1.Cl. The Bertz CT molecular complexity index is 520. The third-order valence-electron chi connectivity index (χ3n) is 4.10. The molecule has 4 nitrogen and oxygen atoms in total. The van der Waals surface area contributed by atoms with Gasteiger partial charge in [-0.15, -0.1) is 25.6 Å². The molecule has 1 fully saturated rings. The minimum atomic E-state index is -4.74. The number of aliphatic hydroxyl groups is 1. The molecule has 1 atom stereocenters. The fourth-order valence-corrected chi connectivity index (χ4v) is 3.06. The molecule has 1 saturated heterocycles. The van der Waals surface area contributed by atoms with Crippen molar-refractivity contribution in [2.45, 2.75) is 26.3 Å². The highest BCUT2D eigenvalue weighted by atomic mass is 35.5. The summed E-state index contributed by atoms with van der Waals surface area (Å²) in [5.74, 6) is -0.204. The third-order valence-corrected chi connectivity index (χ3v) is 4.10. The average Bonchev–Trinajstić information content (AvgIpc) is 2.49. The Morgan fingerprint density at radius 2 is 1.79 bits per heavy atom. The Hall–Kier alpha value is -1.02. The van der Waals surface area contributed by atoms with Crippen LogP contribution in [0.25, 0.3) is 0 Å². The van der Waals surface area contributed by atoms with Gasteiger partial charge in [-0.1, -0.05) is 32.0 Å².